The smallest absolute Gasteiger partial charge is 0.260 e. The van der Waals surface area contributed by atoms with E-state index in [1.54, 1.807) is 23.1 Å². The van der Waals surface area contributed by atoms with Gasteiger partial charge in [-0.1, -0.05) is 13.0 Å². The lowest BCUT2D eigenvalue weighted by atomic mass is 10.2. The van der Waals surface area contributed by atoms with Crippen LogP contribution < -0.4 is 10.5 Å². The molecule has 1 fully saturated rings. The highest BCUT2D eigenvalue weighted by Crippen LogP contribution is 2.18. The van der Waals surface area contributed by atoms with E-state index < -0.39 is 0 Å². The van der Waals surface area contributed by atoms with Crippen LogP contribution in [0.5, 0.6) is 5.75 Å². The fourth-order valence-corrected chi connectivity index (χ4v) is 2.80. The SMILES string of the molecule is CCN1CCCC1CN(C)C(=O)COc1cccc(N)c1. The number of carbonyl (C=O) groups excluding carboxylic acids is 1. The van der Waals surface area contributed by atoms with Gasteiger partial charge in [-0.2, -0.15) is 0 Å². The van der Waals surface area contributed by atoms with E-state index in [2.05, 4.69) is 11.8 Å². The van der Waals surface area contributed by atoms with E-state index in [1.165, 1.54) is 12.8 Å². The van der Waals surface area contributed by atoms with E-state index in [0.717, 1.165) is 19.6 Å². The molecule has 0 spiro atoms. The Morgan fingerprint density at radius 2 is 2.33 bits per heavy atom. The number of carbonyl (C=O) groups is 1. The number of hydrogen-bond donors (Lipinski definition) is 1. The molecular weight excluding hydrogens is 266 g/mol. The number of amides is 1. The maximum atomic E-state index is 12.1. The van der Waals surface area contributed by atoms with Crippen molar-refractivity contribution in [2.75, 3.05) is 39.0 Å². The molecule has 0 aliphatic carbocycles. The summed E-state index contributed by atoms with van der Waals surface area (Å²) in [5, 5.41) is 0. The molecule has 1 aliphatic heterocycles. The summed E-state index contributed by atoms with van der Waals surface area (Å²) in [6.07, 6.45) is 2.39. The summed E-state index contributed by atoms with van der Waals surface area (Å²) in [7, 11) is 1.84. The standard InChI is InChI=1S/C16H25N3O2/c1-3-19-9-5-7-14(19)11-18(2)16(20)12-21-15-8-4-6-13(17)10-15/h4,6,8,10,14H,3,5,7,9,11-12,17H2,1-2H3. The summed E-state index contributed by atoms with van der Waals surface area (Å²) < 4.78 is 5.50. The second kappa shape index (κ2) is 7.31. The highest BCUT2D eigenvalue weighted by atomic mass is 16.5. The zero-order valence-electron chi connectivity index (χ0n) is 12.9. The Balaban J connectivity index is 1.80. The molecule has 0 bridgehead atoms. The van der Waals surface area contributed by atoms with Crippen LogP contribution in [0, 0.1) is 0 Å². The molecule has 116 valence electrons. The zero-order valence-corrected chi connectivity index (χ0v) is 12.9. The van der Waals surface area contributed by atoms with Gasteiger partial charge in [0.15, 0.2) is 6.61 Å². The Bertz CT molecular complexity index is 478. The van der Waals surface area contributed by atoms with E-state index >= 15 is 0 Å². The quantitative estimate of drug-likeness (QED) is 0.809. The lowest BCUT2D eigenvalue weighted by Crippen LogP contribution is -2.42. The van der Waals surface area contributed by atoms with Crippen LogP contribution in [0.25, 0.3) is 0 Å². The molecule has 5 nitrogen and oxygen atoms in total. The number of anilines is 1. The minimum Gasteiger partial charge on any atom is -0.484 e. The van der Waals surface area contributed by atoms with Gasteiger partial charge in [0.1, 0.15) is 5.75 Å². The molecule has 1 heterocycles. The summed E-state index contributed by atoms with van der Waals surface area (Å²) in [5.74, 6) is 0.633. The van der Waals surface area contributed by atoms with Crippen molar-refractivity contribution in [1.82, 2.24) is 9.80 Å². The first-order valence-corrected chi connectivity index (χ1v) is 7.56. The first kappa shape index (κ1) is 15.6. The van der Waals surface area contributed by atoms with Crippen molar-refractivity contribution in [3.8, 4) is 5.75 Å². The summed E-state index contributed by atoms with van der Waals surface area (Å²) >= 11 is 0. The van der Waals surface area contributed by atoms with Crippen LogP contribution in [0.15, 0.2) is 24.3 Å². The van der Waals surface area contributed by atoms with Gasteiger partial charge in [0.2, 0.25) is 0 Å². The normalized spacial score (nSPS) is 18.7. The number of hydrogen-bond acceptors (Lipinski definition) is 4. The topological polar surface area (TPSA) is 58.8 Å². The molecule has 2 N–H and O–H groups in total. The molecule has 1 aliphatic rings. The van der Waals surface area contributed by atoms with Gasteiger partial charge >= 0.3 is 0 Å². The Labute approximate surface area is 126 Å². The summed E-state index contributed by atoms with van der Waals surface area (Å²) in [4.78, 5) is 16.3. The maximum Gasteiger partial charge on any atom is 0.260 e. The summed E-state index contributed by atoms with van der Waals surface area (Å²) in [6.45, 7) is 5.18. The van der Waals surface area contributed by atoms with Gasteiger partial charge in [0.25, 0.3) is 5.91 Å². The number of rotatable bonds is 6. The Kier molecular flexibility index (Phi) is 5.44. The summed E-state index contributed by atoms with van der Waals surface area (Å²) in [5.41, 5.74) is 6.32. The van der Waals surface area contributed by atoms with E-state index in [-0.39, 0.29) is 12.5 Å². The molecule has 0 aromatic heterocycles. The third-order valence-corrected chi connectivity index (χ3v) is 4.04. The van der Waals surface area contributed by atoms with Crippen molar-refractivity contribution in [3.05, 3.63) is 24.3 Å². The van der Waals surface area contributed by atoms with Gasteiger partial charge in [-0.25, -0.2) is 0 Å². The van der Waals surface area contributed by atoms with E-state index in [9.17, 15) is 4.79 Å². The number of benzene rings is 1. The molecule has 2 rings (SSSR count). The number of nitrogens with zero attached hydrogens (tertiary/aromatic N) is 2. The third kappa shape index (κ3) is 4.36. The molecular formula is C16H25N3O2. The van der Waals surface area contributed by atoms with Crippen LogP contribution in [0.4, 0.5) is 5.69 Å². The number of likely N-dealkylation sites (N-methyl/N-ethyl adjacent to an activating group) is 2. The average molecular weight is 291 g/mol. The minimum absolute atomic E-state index is 0.000350. The summed E-state index contributed by atoms with van der Waals surface area (Å²) in [6, 6.07) is 7.62. The molecule has 1 saturated heterocycles. The van der Waals surface area contributed by atoms with Gasteiger partial charge in [-0.05, 0) is 38.1 Å². The highest BCUT2D eigenvalue weighted by molar-refractivity contribution is 5.77. The van der Waals surface area contributed by atoms with Gasteiger partial charge in [0, 0.05) is 31.4 Å². The molecule has 1 aromatic rings. The van der Waals surface area contributed by atoms with Crippen molar-refractivity contribution >= 4 is 11.6 Å². The highest BCUT2D eigenvalue weighted by Gasteiger charge is 2.25. The minimum atomic E-state index is 0.000350. The fourth-order valence-electron chi connectivity index (χ4n) is 2.80. The number of likely N-dealkylation sites (tertiary alicyclic amines) is 1. The Morgan fingerprint density at radius 3 is 3.05 bits per heavy atom. The van der Waals surface area contributed by atoms with E-state index in [1.807, 2.05) is 13.1 Å². The molecule has 1 amide bonds. The second-order valence-corrected chi connectivity index (χ2v) is 5.56. The predicted molar refractivity (Wildman–Crippen MR) is 84.3 cm³/mol. The average Bonchev–Trinajstić information content (AvgIpc) is 2.92. The van der Waals surface area contributed by atoms with Crippen LogP contribution in [0.3, 0.4) is 0 Å². The van der Waals surface area contributed by atoms with Crippen molar-refractivity contribution in [2.45, 2.75) is 25.8 Å². The first-order valence-electron chi connectivity index (χ1n) is 7.56. The third-order valence-electron chi connectivity index (χ3n) is 4.04. The van der Waals surface area contributed by atoms with Crippen molar-refractivity contribution < 1.29 is 9.53 Å². The van der Waals surface area contributed by atoms with Crippen LogP contribution in [0.1, 0.15) is 19.8 Å². The predicted octanol–water partition coefficient (Wildman–Crippen LogP) is 1.59. The fraction of sp³-hybridized carbons (Fsp3) is 0.562. The second-order valence-electron chi connectivity index (χ2n) is 5.56. The molecule has 5 heteroatoms. The van der Waals surface area contributed by atoms with E-state index in [0.29, 0.717) is 17.5 Å². The number of ether oxygens (including phenoxy) is 1. The van der Waals surface area contributed by atoms with Gasteiger partial charge in [0.05, 0.1) is 0 Å². The molecule has 1 aromatic carbocycles. The van der Waals surface area contributed by atoms with Crippen LogP contribution in [-0.2, 0) is 4.79 Å². The van der Waals surface area contributed by atoms with Gasteiger partial charge in [-0.15, -0.1) is 0 Å². The van der Waals surface area contributed by atoms with E-state index in [4.69, 9.17) is 10.5 Å². The Hall–Kier alpha value is -1.75. The molecule has 1 atom stereocenters. The largest absolute Gasteiger partial charge is 0.484 e. The van der Waals surface area contributed by atoms with Crippen molar-refractivity contribution in [3.63, 3.8) is 0 Å². The van der Waals surface area contributed by atoms with Crippen LogP contribution in [-0.4, -0.2) is 55.0 Å². The number of nitrogens with two attached hydrogens (primary N) is 1. The van der Waals surface area contributed by atoms with Crippen molar-refractivity contribution in [2.24, 2.45) is 0 Å². The number of nitrogen functional groups attached to an aromatic ring is 1. The molecule has 0 saturated carbocycles. The van der Waals surface area contributed by atoms with Crippen LogP contribution in [0.2, 0.25) is 0 Å². The van der Waals surface area contributed by atoms with Gasteiger partial charge in [-0.3, -0.25) is 9.69 Å². The van der Waals surface area contributed by atoms with Crippen molar-refractivity contribution in [1.29, 1.82) is 0 Å². The monoisotopic (exact) mass is 291 g/mol. The molecule has 21 heavy (non-hydrogen) atoms. The van der Waals surface area contributed by atoms with Crippen LogP contribution >= 0.6 is 0 Å². The molecule has 1 unspecified atom stereocenters. The Morgan fingerprint density at radius 1 is 1.52 bits per heavy atom. The lowest BCUT2D eigenvalue weighted by Gasteiger charge is -2.27. The van der Waals surface area contributed by atoms with Gasteiger partial charge < -0.3 is 15.4 Å². The lowest BCUT2D eigenvalue weighted by molar-refractivity contribution is -0.132. The zero-order chi connectivity index (χ0) is 15.2. The first-order chi connectivity index (χ1) is 10.1. The molecule has 0 radical (unpaired) electrons. The maximum absolute atomic E-state index is 12.1.